The Kier molecular flexibility index (Phi) is 5.82. The fraction of sp³-hybridized carbons (Fsp3) is 0.429. The van der Waals surface area contributed by atoms with Crippen molar-refractivity contribution in [2.75, 3.05) is 33.0 Å². The number of carbonyl (C=O) groups excluding carboxylic acids is 2. The molecule has 0 aromatic heterocycles. The second kappa shape index (κ2) is 7.84. The number of ether oxygens (including phenoxy) is 2. The van der Waals surface area contributed by atoms with Crippen molar-refractivity contribution < 1.29 is 29.0 Å². The lowest BCUT2D eigenvalue weighted by Gasteiger charge is -2.19. The Labute approximate surface area is 122 Å². The van der Waals surface area contributed by atoms with Crippen LogP contribution in [0.3, 0.4) is 0 Å². The van der Waals surface area contributed by atoms with Crippen LogP contribution in [-0.4, -0.2) is 55.4 Å². The molecule has 2 rings (SSSR count). The third kappa shape index (κ3) is 3.85. The van der Waals surface area contributed by atoms with Gasteiger partial charge in [0.15, 0.2) is 6.23 Å². The van der Waals surface area contributed by atoms with Gasteiger partial charge in [0, 0.05) is 11.1 Å². The summed E-state index contributed by atoms with van der Waals surface area (Å²) in [5, 5.41) is 10.9. The SMILES string of the molecule is O=CCOCCOCCON1C(=O)c2ccccc2C1O. The largest absolute Gasteiger partial charge is 0.377 e. The Hall–Kier alpha value is -1.80. The van der Waals surface area contributed by atoms with Crippen LogP contribution in [0, 0.1) is 0 Å². The lowest BCUT2D eigenvalue weighted by atomic mass is 10.1. The molecule has 1 aromatic rings. The van der Waals surface area contributed by atoms with Crippen LogP contribution in [0.1, 0.15) is 22.1 Å². The number of rotatable bonds is 9. The van der Waals surface area contributed by atoms with E-state index in [1.54, 1.807) is 24.3 Å². The second-order valence-electron chi connectivity index (χ2n) is 4.28. The summed E-state index contributed by atoms with van der Waals surface area (Å²) in [5.41, 5.74) is 0.971. The average Bonchev–Trinajstić information content (AvgIpc) is 2.75. The highest BCUT2D eigenvalue weighted by molar-refractivity contribution is 5.98. The van der Waals surface area contributed by atoms with E-state index in [1.165, 1.54) is 0 Å². The molecule has 0 spiro atoms. The number of hydrogen-bond acceptors (Lipinski definition) is 6. The summed E-state index contributed by atoms with van der Waals surface area (Å²) in [5.74, 6) is -0.368. The number of hydroxylamine groups is 2. The number of fused-ring (bicyclic) bond motifs is 1. The van der Waals surface area contributed by atoms with E-state index in [-0.39, 0.29) is 25.7 Å². The van der Waals surface area contributed by atoms with Gasteiger partial charge in [0.2, 0.25) is 0 Å². The summed E-state index contributed by atoms with van der Waals surface area (Å²) < 4.78 is 10.1. The van der Waals surface area contributed by atoms with Crippen LogP contribution < -0.4 is 0 Å². The van der Waals surface area contributed by atoms with Gasteiger partial charge in [-0.1, -0.05) is 18.2 Å². The van der Waals surface area contributed by atoms with Gasteiger partial charge in [-0.3, -0.25) is 9.63 Å². The molecule has 1 heterocycles. The Balaban J connectivity index is 1.68. The number of amides is 1. The van der Waals surface area contributed by atoms with Crippen molar-refractivity contribution in [1.82, 2.24) is 5.06 Å². The molecule has 114 valence electrons. The van der Waals surface area contributed by atoms with E-state index in [2.05, 4.69) is 0 Å². The predicted molar refractivity (Wildman–Crippen MR) is 71.2 cm³/mol. The van der Waals surface area contributed by atoms with Gasteiger partial charge in [-0.2, -0.15) is 5.06 Å². The number of nitrogens with zero attached hydrogens (tertiary/aromatic N) is 1. The van der Waals surface area contributed by atoms with Gasteiger partial charge in [0.1, 0.15) is 12.9 Å². The highest BCUT2D eigenvalue weighted by atomic mass is 16.7. The number of aliphatic hydroxyl groups is 1. The fourth-order valence-corrected chi connectivity index (χ4v) is 1.95. The van der Waals surface area contributed by atoms with Gasteiger partial charge in [-0.25, -0.2) is 0 Å². The van der Waals surface area contributed by atoms with Crippen LogP contribution in [-0.2, 0) is 19.1 Å². The van der Waals surface area contributed by atoms with Crippen LogP contribution in [0.15, 0.2) is 24.3 Å². The summed E-state index contributed by atoms with van der Waals surface area (Å²) in [6.45, 7) is 1.07. The van der Waals surface area contributed by atoms with Crippen LogP contribution in [0.25, 0.3) is 0 Å². The minimum atomic E-state index is -1.09. The first kappa shape index (κ1) is 15.6. The Bertz CT molecular complexity index is 492. The summed E-state index contributed by atoms with van der Waals surface area (Å²) in [7, 11) is 0. The van der Waals surface area contributed by atoms with Gasteiger partial charge in [0.05, 0.1) is 26.4 Å². The van der Waals surface area contributed by atoms with Gasteiger partial charge in [0.25, 0.3) is 5.91 Å². The molecule has 0 saturated heterocycles. The highest BCUT2D eigenvalue weighted by Crippen LogP contribution is 2.31. The Morgan fingerprint density at radius 1 is 1.14 bits per heavy atom. The predicted octanol–water partition coefficient (Wildman–Crippen LogP) is 0.297. The number of aldehydes is 1. The number of aliphatic hydroxyl groups excluding tert-OH is 1. The zero-order valence-electron chi connectivity index (χ0n) is 11.4. The maximum Gasteiger partial charge on any atom is 0.280 e. The molecule has 0 bridgehead atoms. The van der Waals surface area contributed by atoms with Crippen LogP contribution in [0.5, 0.6) is 0 Å². The van der Waals surface area contributed by atoms with E-state index in [0.29, 0.717) is 30.6 Å². The van der Waals surface area contributed by atoms with Gasteiger partial charge in [-0.15, -0.1) is 0 Å². The van der Waals surface area contributed by atoms with E-state index < -0.39 is 6.23 Å². The van der Waals surface area contributed by atoms with Gasteiger partial charge in [-0.05, 0) is 6.07 Å². The van der Waals surface area contributed by atoms with Crippen molar-refractivity contribution in [3.05, 3.63) is 35.4 Å². The smallest absolute Gasteiger partial charge is 0.280 e. The minimum absolute atomic E-state index is 0.0482. The zero-order valence-corrected chi connectivity index (χ0v) is 11.4. The molecule has 0 radical (unpaired) electrons. The lowest BCUT2D eigenvalue weighted by molar-refractivity contribution is -0.205. The van der Waals surface area contributed by atoms with E-state index >= 15 is 0 Å². The molecule has 21 heavy (non-hydrogen) atoms. The highest BCUT2D eigenvalue weighted by Gasteiger charge is 2.36. The third-order valence-corrected chi connectivity index (χ3v) is 2.91. The molecule has 1 unspecified atom stereocenters. The third-order valence-electron chi connectivity index (χ3n) is 2.91. The topological polar surface area (TPSA) is 85.3 Å². The molecule has 1 amide bonds. The van der Waals surface area contributed by atoms with Crippen molar-refractivity contribution in [1.29, 1.82) is 0 Å². The minimum Gasteiger partial charge on any atom is -0.377 e. The summed E-state index contributed by atoms with van der Waals surface area (Å²) in [4.78, 5) is 27.2. The molecule has 1 N–H and O–H groups in total. The van der Waals surface area contributed by atoms with E-state index in [1.807, 2.05) is 0 Å². The first-order chi connectivity index (χ1) is 10.3. The molecule has 0 saturated carbocycles. The molecule has 0 fully saturated rings. The normalized spacial score (nSPS) is 17.1. The Morgan fingerprint density at radius 3 is 2.62 bits per heavy atom. The molecule has 1 aliphatic rings. The lowest BCUT2D eigenvalue weighted by Crippen LogP contribution is -2.29. The van der Waals surface area contributed by atoms with E-state index in [9.17, 15) is 14.7 Å². The van der Waals surface area contributed by atoms with Crippen molar-refractivity contribution in [2.24, 2.45) is 0 Å². The molecule has 7 heteroatoms. The standard InChI is InChI=1S/C14H17NO6/c16-5-6-19-7-8-20-9-10-21-15-13(17)11-3-1-2-4-12(11)14(15)18/h1-5,13,17H,6-10H2. The first-order valence-corrected chi connectivity index (χ1v) is 6.58. The second-order valence-corrected chi connectivity index (χ2v) is 4.28. The first-order valence-electron chi connectivity index (χ1n) is 6.58. The maximum absolute atomic E-state index is 12.0. The van der Waals surface area contributed by atoms with E-state index in [4.69, 9.17) is 14.3 Å². The molecular formula is C14H17NO6. The fourth-order valence-electron chi connectivity index (χ4n) is 1.95. The summed E-state index contributed by atoms with van der Waals surface area (Å²) in [6.07, 6.45) is -0.425. The molecule has 1 aliphatic heterocycles. The van der Waals surface area contributed by atoms with Crippen molar-refractivity contribution >= 4 is 12.2 Å². The van der Waals surface area contributed by atoms with Gasteiger partial charge >= 0.3 is 0 Å². The Morgan fingerprint density at radius 2 is 1.86 bits per heavy atom. The molecule has 1 aromatic carbocycles. The monoisotopic (exact) mass is 295 g/mol. The van der Waals surface area contributed by atoms with Gasteiger partial charge < -0.3 is 19.4 Å². The quantitative estimate of drug-likeness (QED) is 0.521. The number of hydrogen-bond donors (Lipinski definition) is 1. The number of carbonyl (C=O) groups is 2. The van der Waals surface area contributed by atoms with Crippen LogP contribution >= 0.6 is 0 Å². The average molecular weight is 295 g/mol. The molecular weight excluding hydrogens is 278 g/mol. The van der Waals surface area contributed by atoms with Crippen molar-refractivity contribution in [2.45, 2.75) is 6.23 Å². The molecule has 1 atom stereocenters. The molecule has 7 nitrogen and oxygen atoms in total. The van der Waals surface area contributed by atoms with Crippen LogP contribution in [0.2, 0.25) is 0 Å². The van der Waals surface area contributed by atoms with Crippen LogP contribution in [0.4, 0.5) is 0 Å². The van der Waals surface area contributed by atoms with Crippen molar-refractivity contribution in [3.63, 3.8) is 0 Å². The number of benzene rings is 1. The molecule has 0 aliphatic carbocycles. The maximum atomic E-state index is 12.0. The zero-order chi connectivity index (χ0) is 15.1. The van der Waals surface area contributed by atoms with E-state index in [0.717, 1.165) is 5.06 Å². The van der Waals surface area contributed by atoms with Crippen molar-refractivity contribution in [3.8, 4) is 0 Å². The summed E-state index contributed by atoms with van der Waals surface area (Å²) in [6, 6.07) is 6.81. The summed E-state index contributed by atoms with van der Waals surface area (Å²) >= 11 is 0.